The quantitative estimate of drug-likeness (QED) is 0.708. The second-order valence-electron chi connectivity index (χ2n) is 7.06. The number of hydrogen-bond acceptors (Lipinski definition) is 5. The van der Waals surface area contributed by atoms with Gasteiger partial charge in [0, 0.05) is 11.8 Å². The zero-order chi connectivity index (χ0) is 19.3. The van der Waals surface area contributed by atoms with Gasteiger partial charge in [0.2, 0.25) is 0 Å². The normalized spacial score (nSPS) is 13.0. The molecule has 1 aromatic carbocycles. The van der Waals surface area contributed by atoms with Crippen molar-refractivity contribution in [2.45, 2.75) is 45.8 Å². The molecule has 1 aliphatic carbocycles. The summed E-state index contributed by atoms with van der Waals surface area (Å²) in [6, 6.07) is 13.5. The molecule has 0 bridgehead atoms. The van der Waals surface area contributed by atoms with Gasteiger partial charge in [0.15, 0.2) is 11.5 Å². The number of nitrogens with zero attached hydrogens (tertiary/aromatic N) is 2. The highest BCUT2D eigenvalue weighted by Crippen LogP contribution is 2.25. The van der Waals surface area contributed by atoms with Crippen LogP contribution in [0.15, 0.2) is 47.0 Å². The van der Waals surface area contributed by atoms with Gasteiger partial charge in [-0.3, -0.25) is 9.78 Å². The molecule has 2 heterocycles. The second-order valence-corrected chi connectivity index (χ2v) is 7.06. The van der Waals surface area contributed by atoms with Crippen LogP contribution in [0.25, 0.3) is 0 Å². The molecule has 0 aliphatic heterocycles. The van der Waals surface area contributed by atoms with E-state index < -0.39 is 0 Å². The average molecular weight is 377 g/mol. The number of hydrogen-bond donors (Lipinski definition) is 1. The molecule has 0 unspecified atom stereocenters. The Labute approximate surface area is 163 Å². The summed E-state index contributed by atoms with van der Waals surface area (Å²) in [5.41, 5.74) is 4.73. The molecule has 4 rings (SSSR count). The third-order valence-electron chi connectivity index (χ3n) is 4.87. The lowest BCUT2D eigenvalue weighted by atomic mass is 9.92. The van der Waals surface area contributed by atoms with Crippen LogP contribution in [-0.4, -0.2) is 16.0 Å². The summed E-state index contributed by atoms with van der Waals surface area (Å²) in [6.07, 6.45) is 4.74. The number of amides is 1. The summed E-state index contributed by atoms with van der Waals surface area (Å²) in [5.74, 6) is 1.03. The van der Waals surface area contributed by atoms with Crippen molar-refractivity contribution in [2.24, 2.45) is 0 Å². The maximum Gasteiger partial charge on any atom is 0.273 e. The number of pyridine rings is 1. The first kappa shape index (κ1) is 18.2. The van der Waals surface area contributed by atoms with Gasteiger partial charge in [0.1, 0.15) is 12.4 Å². The van der Waals surface area contributed by atoms with E-state index in [-0.39, 0.29) is 18.2 Å². The van der Waals surface area contributed by atoms with Crippen molar-refractivity contribution in [1.82, 2.24) is 15.5 Å². The number of aryl methyl sites for hydroxylation is 3. The Morgan fingerprint density at radius 1 is 1.14 bits per heavy atom. The Hall–Kier alpha value is -3.15. The molecule has 0 saturated heterocycles. The van der Waals surface area contributed by atoms with E-state index in [4.69, 9.17) is 9.26 Å². The average Bonchev–Trinajstić information content (AvgIpc) is 3.19. The van der Waals surface area contributed by atoms with Gasteiger partial charge in [-0.05, 0) is 68.0 Å². The fourth-order valence-electron chi connectivity index (χ4n) is 3.40. The van der Waals surface area contributed by atoms with Crippen LogP contribution in [0.1, 0.15) is 51.6 Å². The fraction of sp³-hybridized carbons (Fsp3) is 0.318. The number of benzene rings is 1. The Kier molecular flexibility index (Phi) is 5.37. The Balaban J connectivity index is 1.32. The Morgan fingerprint density at radius 2 is 2.00 bits per heavy atom. The summed E-state index contributed by atoms with van der Waals surface area (Å²) in [6.45, 7) is 2.49. The third-order valence-corrected chi connectivity index (χ3v) is 4.87. The molecule has 3 aromatic rings. The van der Waals surface area contributed by atoms with Crippen molar-refractivity contribution in [1.29, 1.82) is 0 Å². The maximum absolute atomic E-state index is 12.2. The number of rotatable bonds is 6. The van der Waals surface area contributed by atoms with Crippen molar-refractivity contribution < 1.29 is 14.1 Å². The van der Waals surface area contributed by atoms with Crippen LogP contribution in [0, 0.1) is 6.92 Å². The molecule has 1 aliphatic rings. The molecule has 6 heteroatoms. The molecule has 1 amide bonds. The molecular weight excluding hydrogens is 354 g/mol. The number of nitrogens with one attached hydrogen (secondary N) is 1. The van der Waals surface area contributed by atoms with Crippen LogP contribution in [0.4, 0.5) is 0 Å². The van der Waals surface area contributed by atoms with Crippen LogP contribution >= 0.6 is 0 Å². The topological polar surface area (TPSA) is 77.2 Å². The summed E-state index contributed by atoms with van der Waals surface area (Å²) in [5, 5.41) is 6.64. The van der Waals surface area contributed by atoms with Gasteiger partial charge >= 0.3 is 0 Å². The van der Waals surface area contributed by atoms with Crippen LogP contribution in [0.3, 0.4) is 0 Å². The van der Waals surface area contributed by atoms with E-state index in [1.54, 1.807) is 6.07 Å². The molecule has 0 saturated carbocycles. The van der Waals surface area contributed by atoms with Gasteiger partial charge in [0.05, 0.1) is 12.2 Å². The van der Waals surface area contributed by atoms with Crippen molar-refractivity contribution in [3.05, 3.63) is 76.4 Å². The van der Waals surface area contributed by atoms with E-state index in [0.717, 1.165) is 30.0 Å². The third kappa shape index (κ3) is 4.39. The summed E-state index contributed by atoms with van der Waals surface area (Å²) >= 11 is 0. The molecule has 0 atom stereocenters. The van der Waals surface area contributed by atoms with Crippen LogP contribution in [-0.2, 0) is 26.0 Å². The van der Waals surface area contributed by atoms with Gasteiger partial charge in [-0.2, -0.15) is 0 Å². The van der Waals surface area contributed by atoms with E-state index in [0.29, 0.717) is 12.3 Å². The lowest BCUT2D eigenvalue weighted by Crippen LogP contribution is -2.23. The monoisotopic (exact) mass is 377 g/mol. The highest BCUT2D eigenvalue weighted by molar-refractivity contribution is 5.92. The predicted octanol–water partition coefficient (Wildman–Crippen LogP) is 3.77. The van der Waals surface area contributed by atoms with E-state index in [1.807, 2.05) is 31.2 Å². The number of aromatic nitrogens is 2. The van der Waals surface area contributed by atoms with E-state index in [9.17, 15) is 4.79 Å². The Morgan fingerprint density at radius 3 is 2.86 bits per heavy atom. The number of fused-ring (bicyclic) bond motifs is 1. The maximum atomic E-state index is 12.2. The molecular formula is C22H23N3O3. The zero-order valence-electron chi connectivity index (χ0n) is 15.9. The number of carbonyl (C=O) groups is 1. The van der Waals surface area contributed by atoms with Crippen molar-refractivity contribution in [2.75, 3.05) is 0 Å². The lowest BCUT2D eigenvalue weighted by molar-refractivity contribution is 0.0941. The summed E-state index contributed by atoms with van der Waals surface area (Å²) < 4.78 is 11.1. The first-order chi connectivity index (χ1) is 13.7. The highest BCUT2D eigenvalue weighted by atomic mass is 16.5. The smallest absolute Gasteiger partial charge is 0.273 e. The minimum atomic E-state index is -0.299. The predicted molar refractivity (Wildman–Crippen MR) is 104 cm³/mol. The van der Waals surface area contributed by atoms with Gasteiger partial charge in [-0.25, -0.2) is 0 Å². The van der Waals surface area contributed by atoms with Gasteiger partial charge in [0.25, 0.3) is 5.91 Å². The van der Waals surface area contributed by atoms with Crippen molar-refractivity contribution in [3.63, 3.8) is 0 Å². The molecule has 0 spiro atoms. The van der Waals surface area contributed by atoms with Gasteiger partial charge in [-0.1, -0.05) is 17.3 Å². The van der Waals surface area contributed by atoms with Crippen molar-refractivity contribution in [3.8, 4) is 5.75 Å². The molecule has 0 fully saturated rings. The molecule has 6 nitrogen and oxygen atoms in total. The first-order valence-corrected chi connectivity index (χ1v) is 9.58. The molecule has 1 N–H and O–H groups in total. The lowest BCUT2D eigenvalue weighted by Gasteiger charge is -2.16. The van der Waals surface area contributed by atoms with Gasteiger partial charge in [-0.15, -0.1) is 0 Å². The standard InChI is InChI=1S/C22H23N3O3/c1-15-5-4-8-18(24-15)13-23-22(26)21-12-20(28-25-21)14-27-19-10-9-16-6-2-3-7-17(16)11-19/h4-5,8-12H,2-3,6-7,13-14H2,1H3,(H,23,26). The number of ether oxygens (including phenoxy) is 1. The summed E-state index contributed by atoms with van der Waals surface area (Å²) in [4.78, 5) is 16.6. The molecule has 0 radical (unpaired) electrons. The summed E-state index contributed by atoms with van der Waals surface area (Å²) in [7, 11) is 0. The fourth-order valence-corrected chi connectivity index (χ4v) is 3.40. The molecule has 28 heavy (non-hydrogen) atoms. The van der Waals surface area contributed by atoms with E-state index in [2.05, 4.69) is 27.6 Å². The molecule has 2 aromatic heterocycles. The largest absolute Gasteiger partial charge is 0.486 e. The minimum absolute atomic E-state index is 0.233. The zero-order valence-corrected chi connectivity index (χ0v) is 15.9. The van der Waals surface area contributed by atoms with E-state index in [1.165, 1.54) is 24.0 Å². The van der Waals surface area contributed by atoms with Crippen molar-refractivity contribution >= 4 is 5.91 Å². The minimum Gasteiger partial charge on any atom is -0.486 e. The van der Waals surface area contributed by atoms with Crippen LogP contribution in [0.5, 0.6) is 5.75 Å². The SMILES string of the molecule is Cc1cccc(CNC(=O)c2cc(COc3ccc4c(c3)CCCC4)on2)n1. The number of carbonyl (C=O) groups excluding carboxylic acids is 1. The first-order valence-electron chi connectivity index (χ1n) is 9.58. The molecule has 144 valence electrons. The second kappa shape index (κ2) is 8.25. The van der Waals surface area contributed by atoms with Gasteiger partial charge < -0.3 is 14.6 Å². The van der Waals surface area contributed by atoms with Crippen LogP contribution in [0.2, 0.25) is 0 Å². The highest BCUT2D eigenvalue weighted by Gasteiger charge is 2.14. The van der Waals surface area contributed by atoms with E-state index >= 15 is 0 Å². The Bertz CT molecular complexity index is 981. The van der Waals surface area contributed by atoms with Crippen LogP contribution < -0.4 is 10.1 Å².